The minimum absolute atomic E-state index is 0.0281. The molecule has 0 aliphatic carbocycles. The van der Waals surface area contributed by atoms with Crippen molar-refractivity contribution in [3.05, 3.63) is 44.7 Å². The molecule has 0 spiro atoms. The number of thiocarbonyl (C=S) groups is 1. The highest BCUT2D eigenvalue weighted by atomic mass is 79.9. The maximum atomic E-state index is 12.1. The normalized spacial score (nSPS) is 10.9. The fraction of sp³-hybridized carbons (Fsp3) is 0. The van der Waals surface area contributed by atoms with Crippen LogP contribution in [0.25, 0.3) is 11.0 Å². The Morgan fingerprint density at radius 2 is 2.33 bits per heavy atom. The zero-order chi connectivity index (χ0) is 13.1. The fourth-order valence-electron chi connectivity index (χ4n) is 1.37. The third-order valence-electron chi connectivity index (χ3n) is 2.14. The number of halogens is 1. The van der Waals surface area contributed by atoms with Gasteiger partial charge in [-0.3, -0.25) is 10.2 Å². The number of benzene rings is 1. The zero-order valence-corrected chi connectivity index (χ0v) is 11.4. The number of fused-ring (bicyclic) bond motifs is 1. The summed E-state index contributed by atoms with van der Waals surface area (Å²) in [6.07, 6.45) is 2.65. The van der Waals surface area contributed by atoms with E-state index in [1.54, 1.807) is 18.2 Å². The van der Waals surface area contributed by atoms with Gasteiger partial charge in [0, 0.05) is 4.47 Å². The van der Waals surface area contributed by atoms with Crippen LogP contribution >= 0.6 is 28.1 Å². The van der Waals surface area contributed by atoms with Gasteiger partial charge in [0.25, 0.3) is 0 Å². The molecule has 0 saturated heterocycles. The van der Waals surface area contributed by atoms with E-state index in [4.69, 9.17) is 10.2 Å². The van der Waals surface area contributed by atoms with Gasteiger partial charge in [-0.1, -0.05) is 15.9 Å². The molecule has 5 nitrogen and oxygen atoms in total. The van der Waals surface area contributed by atoms with Crippen LogP contribution in [0.1, 0.15) is 5.56 Å². The van der Waals surface area contributed by atoms with Crippen molar-refractivity contribution in [2.75, 3.05) is 0 Å². The van der Waals surface area contributed by atoms with Crippen molar-refractivity contribution in [1.82, 2.24) is 5.43 Å². The van der Waals surface area contributed by atoms with Gasteiger partial charge in [-0.2, -0.15) is 5.10 Å². The first kappa shape index (κ1) is 12.7. The predicted molar refractivity (Wildman–Crippen MR) is 77.7 cm³/mol. The number of nitrogens with one attached hydrogen (secondary N) is 1. The molecule has 2 rings (SSSR count). The van der Waals surface area contributed by atoms with E-state index < -0.39 is 0 Å². The van der Waals surface area contributed by atoms with Gasteiger partial charge in [0.1, 0.15) is 11.8 Å². The van der Waals surface area contributed by atoms with E-state index in [1.807, 2.05) is 0 Å². The quantitative estimate of drug-likeness (QED) is 0.499. The van der Waals surface area contributed by atoms with E-state index in [0.29, 0.717) is 16.5 Å². The predicted octanol–water partition coefficient (Wildman–Crippen LogP) is 1.72. The Bertz CT molecular complexity index is 696. The summed E-state index contributed by atoms with van der Waals surface area (Å²) < 4.78 is 6.19. The van der Waals surface area contributed by atoms with Gasteiger partial charge >= 0.3 is 0 Å². The number of nitrogens with zero attached hydrogens (tertiary/aromatic N) is 1. The second-order valence-electron chi connectivity index (χ2n) is 3.39. The molecule has 2 aromatic rings. The maximum Gasteiger partial charge on any atom is 0.201 e. The molecule has 3 N–H and O–H groups in total. The average molecular weight is 326 g/mol. The highest BCUT2D eigenvalue weighted by molar-refractivity contribution is 9.10. The molecule has 1 heterocycles. The molecular weight excluding hydrogens is 318 g/mol. The van der Waals surface area contributed by atoms with E-state index in [-0.39, 0.29) is 10.5 Å². The fourth-order valence-corrected chi connectivity index (χ4v) is 1.76. The molecule has 0 aliphatic heterocycles. The van der Waals surface area contributed by atoms with Gasteiger partial charge in [-0.25, -0.2) is 0 Å². The SMILES string of the molecule is NC(=S)NN=Cc1coc2cc(Br)ccc2c1=O. The Morgan fingerprint density at radius 1 is 1.56 bits per heavy atom. The molecule has 0 radical (unpaired) electrons. The summed E-state index contributed by atoms with van der Waals surface area (Å²) in [5, 5.41) is 4.23. The van der Waals surface area contributed by atoms with Crippen LogP contribution in [0.4, 0.5) is 0 Å². The molecule has 18 heavy (non-hydrogen) atoms. The van der Waals surface area contributed by atoms with Crippen molar-refractivity contribution in [2.45, 2.75) is 0 Å². The van der Waals surface area contributed by atoms with Gasteiger partial charge in [-0.05, 0) is 30.4 Å². The van der Waals surface area contributed by atoms with Crippen LogP contribution in [0, 0.1) is 0 Å². The largest absolute Gasteiger partial charge is 0.463 e. The first-order valence-electron chi connectivity index (χ1n) is 4.87. The van der Waals surface area contributed by atoms with Crippen LogP contribution < -0.4 is 16.6 Å². The van der Waals surface area contributed by atoms with Crippen molar-refractivity contribution >= 4 is 50.4 Å². The molecule has 0 atom stereocenters. The molecule has 0 saturated carbocycles. The maximum absolute atomic E-state index is 12.1. The summed E-state index contributed by atoms with van der Waals surface area (Å²) in [7, 11) is 0. The van der Waals surface area contributed by atoms with Gasteiger partial charge in [0.2, 0.25) is 5.43 Å². The summed E-state index contributed by atoms with van der Waals surface area (Å²) >= 11 is 7.89. The molecule has 92 valence electrons. The number of hydrogen-bond acceptors (Lipinski definition) is 4. The highest BCUT2D eigenvalue weighted by Crippen LogP contribution is 2.17. The molecule has 0 bridgehead atoms. The molecule has 0 amide bonds. The second kappa shape index (κ2) is 5.28. The van der Waals surface area contributed by atoms with Crippen LogP contribution in [-0.2, 0) is 0 Å². The van der Waals surface area contributed by atoms with Crippen molar-refractivity contribution < 1.29 is 4.42 Å². The van der Waals surface area contributed by atoms with Gasteiger partial charge in [0.15, 0.2) is 5.11 Å². The zero-order valence-electron chi connectivity index (χ0n) is 9.01. The highest BCUT2D eigenvalue weighted by Gasteiger charge is 2.05. The van der Waals surface area contributed by atoms with Crippen LogP contribution in [0.5, 0.6) is 0 Å². The molecule has 0 unspecified atom stereocenters. The van der Waals surface area contributed by atoms with Crippen molar-refractivity contribution in [2.24, 2.45) is 10.8 Å². The van der Waals surface area contributed by atoms with E-state index >= 15 is 0 Å². The molecule has 0 fully saturated rings. The minimum atomic E-state index is -0.169. The molecule has 7 heteroatoms. The van der Waals surface area contributed by atoms with E-state index in [2.05, 4.69) is 38.7 Å². The lowest BCUT2D eigenvalue weighted by molar-refractivity contribution is 0.601. The average Bonchev–Trinajstić information content (AvgIpc) is 2.31. The van der Waals surface area contributed by atoms with E-state index in [0.717, 1.165) is 4.47 Å². The first-order chi connectivity index (χ1) is 8.58. The van der Waals surface area contributed by atoms with E-state index in [1.165, 1.54) is 12.5 Å². The minimum Gasteiger partial charge on any atom is -0.463 e. The lowest BCUT2D eigenvalue weighted by Crippen LogP contribution is -2.24. The number of hydrazone groups is 1. The van der Waals surface area contributed by atoms with Crippen molar-refractivity contribution in [1.29, 1.82) is 0 Å². The summed E-state index contributed by atoms with van der Waals surface area (Å²) in [4.78, 5) is 12.1. The summed E-state index contributed by atoms with van der Waals surface area (Å²) in [5.41, 5.74) is 8.22. The third kappa shape index (κ3) is 2.74. The monoisotopic (exact) mass is 325 g/mol. The Balaban J connectivity index is 2.45. The molecule has 1 aromatic carbocycles. The number of rotatable bonds is 2. The topological polar surface area (TPSA) is 80.6 Å². The lowest BCUT2D eigenvalue weighted by atomic mass is 10.2. The smallest absolute Gasteiger partial charge is 0.201 e. The third-order valence-corrected chi connectivity index (χ3v) is 2.73. The molecular formula is C11H8BrN3O2S. The molecule has 0 aliphatic rings. The Hall–Kier alpha value is -1.73. The summed E-state index contributed by atoms with van der Waals surface area (Å²) in [6.45, 7) is 0. The van der Waals surface area contributed by atoms with Crippen LogP contribution in [0.3, 0.4) is 0 Å². The second-order valence-corrected chi connectivity index (χ2v) is 4.75. The standard InChI is InChI=1S/C11H8BrN3O2S/c12-7-1-2-8-9(3-7)17-5-6(10(8)16)4-14-15-11(13)18/h1-5H,(H3,13,15,18). The number of nitrogens with two attached hydrogens (primary N) is 1. The Kier molecular flexibility index (Phi) is 3.73. The van der Waals surface area contributed by atoms with Crippen molar-refractivity contribution in [3.63, 3.8) is 0 Å². The Morgan fingerprint density at radius 3 is 3.06 bits per heavy atom. The van der Waals surface area contributed by atoms with Crippen LogP contribution in [0.15, 0.2) is 43.2 Å². The van der Waals surface area contributed by atoms with Gasteiger partial charge in [0.05, 0.1) is 17.2 Å². The van der Waals surface area contributed by atoms with Crippen LogP contribution in [-0.4, -0.2) is 11.3 Å². The van der Waals surface area contributed by atoms with Crippen LogP contribution in [0.2, 0.25) is 0 Å². The first-order valence-corrected chi connectivity index (χ1v) is 6.07. The lowest BCUT2D eigenvalue weighted by Gasteiger charge is -1.99. The van der Waals surface area contributed by atoms with Gasteiger partial charge in [-0.15, -0.1) is 0 Å². The molecule has 1 aromatic heterocycles. The number of hydrogen-bond donors (Lipinski definition) is 2. The van der Waals surface area contributed by atoms with Crippen molar-refractivity contribution in [3.8, 4) is 0 Å². The Labute approximate surface area is 116 Å². The van der Waals surface area contributed by atoms with Gasteiger partial charge < -0.3 is 10.2 Å². The summed E-state index contributed by atoms with van der Waals surface area (Å²) in [6, 6.07) is 5.18. The van der Waals surface area contributed by atoms with E-state index in [9.17, 15) is 4.79 Å². The summed E-state index contributed by atoms with van der Waals surface area (Å²) in [5.74, 6) is 0.